The van der Waals surface area contributed by atoms with Gasteiger partial charge < -0.3 is 5.73 Å². The molecule has 0 amide bonds. The third-order valence-corrected chi connectivity index (χ3v) is 2.97. The zero-order chi connectivity index (χ0) is 13.8. The number of nitrogens with two attached hydrogens (primary N) is 1. The summed E-state index contributed by atoms with van der Waals surface area (Å²) in [6.07, 6.45) is 0. The quantitative estimate of drug-likeness (QED) is 0.688. The summed E-state index contributed by atoms with van der Waals surface area (Å²) in [5, 5.41) is 0.435. The standard InChI is InChI=1S/C15H12ClNO2/c16-12-8-4-7-11(9-12)15(19)13(17)14(18)10-5-2-1-3-6-10/h1-9,13H,17H2. The van der Waals surface area contributed by atoms with Crippen LogP contribution in [0.2, 0.25) is 5.02 Å². The van der Waals surface area contributed by atoms with Gasteiger partial charge in [-0.05, 0) is 12.1 Å². The summed E-state index contributed by atoms with van der Waals surface area (Å²) < 4.78 is 0. The van der Waals surface area contributed by atoms with E-state index in [0.717, 1.165) is 0 Å². The molecule has 2 aromatic carbocycles. The van der Waals surface area contributed by atoms with Crippen LogP contribution in [-0.4, -0.2) is 17.6 Å². The Morgan fingerprint density at radius 1 is 0.895 bits per heavy atom. The lowest BCUT2D eigenvalue weighted by Crippen LogP contribution is -2.38. The monoisotopic (exact) mass is 273 g/mol. The van der Waals surface area contributed by atoms with Crippen LogP contribution in [0, 0.1) is 0 Å². The van der Waals surface area contributed by atoms with Crippen molar-refractivity contribution in [1.29, 1.82) is 0 Å². The summed E-state index contributed by atoms with van der Waals surface area (Å²) in [4.78, 5) is 24.2. The number of rotatable bonds is 4. The van der Waals surface area contributed by atoms with Gasteiger partial charge in [0.15, 0.2) is 11.6 Å². The Labute approximate surface area is 116 Å². The van der Waals surface area contributed by atoms with Gasteiger partial charge in [-0.3, -0.25) is 9.59 Å². The maximum absolute atomic E-state index is 12.1. The van der Waals surface area contributed by atoms with E-state index in [4.69, 9.17) is 17.3 Å². The fourth-order valence-electron chi connectivity index (χ4n) is 1.72. The predicted octanol–water partition coefficient (Wildman–Crippen LogP) is 2.73. The van der Waals surface area contributed by atoms with Crippen LogP contribution in [0.15, 0.2) is 54.6 Å². The number of hydrogen-bond donors (Lipinski definition) is 1. The van der Waals surface area contributed by atoms with Crippen molar-refractivity contribution in [1.82, 2.24) is 0 Å². The molecule has 96 valence electrons. The normalized spacial score (nSPS) is 11.9. The van der Waals surface area contributed by atoms with Crippen LogP contribution in [0.25, 0.3) is 0 Å². The smallest absolute Gasteiger partial charge is 0.187 e. The lowest BCUT2D eigenvalue weighted by atomic mass is 9.97. The van der Waals surface area contributed by atoms with Crippen LogP contribution in [0.4, 0.5) is 0 Å². The van der Waals surface area contributed by atoms with Crippen LogP contribution in [-0.2, 0) is 0 Å². The third-order valence-electron chi connectivity index (χ3n) is 2.73. The predicted molar refractivity (Wildman–Crippen MR) is 74.5 cm³/mol. The summed E-state index contributed by atoms with van der Waals surface area (Å²) in [6, 6.07) is 13.7. The van der Waals surface area contributed by atoms with E-state index in [1.165, 1.54) is 6.07 Å². The second-order valence-corrected chi connectivity index (χ2v) is 4.52. The molecule has 0 bridgehead atoms. The molecule has 0 saturated carbocycles. The van der Waals surface area contributed by atoms with Gasteiger partial charge in [-0.2, -0.15) is 0 Å². The summed E-state index contributed by atoms with van der Waals surface area (Å²) in [6.45, 7) is 0. The van der Waals surface area contributed by atoms with Crippen molar-refractivity contribution in [2.45, 2.75) is 6.04 Å². The Hall–Kier alpha value is -1.97. The van der Waals surface area contributed by atoms with Crippen molar-refractivity contribution in [2.75, 3.05) is 0 Å². The molecule has 0 spiro atoms. The number of benzene rings is 2. The Balaban J connectivity index is 2.23. The molecular formula is C15H12ClNO2. The molecule has 0 radical (unpaired) electrons. The Bertz CT molecular complexity index is 611. The molecule has 3 nitrogen and oxygen atoms in total. The van der Waals surface area contributed by atoms with E-state index in [9.17, 15) is 9.59 Å². The second-order valence-electron chi connectivity index (χ2n) is 4.08. The van der Waals surface area contributed by atoms with Gasteiger partial charge in [-0.25, -0.2) is 0 Å². The topological polar surface area (TPSA) is 60.2 Å². The largest absolute Gasteiger partial charge is 0.315 e. The van der Waals surface area contributed by atoms with Gasteiger partial charge in [0.1, 0.15) is 6.04 Å². The molecular weight excluding hydrogens is 262 g/mol. The van der Waals surface area contributed by atoms with Crippen molar-refractivity contribution in [3.8, 4) is 0 Å². The van der Waals surface area contributed by atoms with E-state index < -0.39 is 17.6 Å². The van der Waals surface area contributed by atoms with Crippen molar-refractivity contribution >= 4 is 23.2 Å². The minimum atomic E-state index is -1.21. The van der Waals surface area contributed by atoms with Crippen molar-refractivity contribution in [3.63, 3.8) is 0 Å². The first-order chi connectivity index (χ1) is 9.09. The fraction of sp³-hybridized carbons (Fsp3) is 0.0667. The molecule has 1 atom stereocenters. The second kappa shape index (κ2) is 5.78. The molecule has 0 aliphatic carbocycles. The average molecular weight is 274 g/mol. The Morgan fingerprint density at radius 2 is 1.47 bits per heavy atom. The van der Waals surface area contributed by atoms with Gasteiger partial charge in [0.05, 0.1) is 0 Å². The first kappa shape index (κ1) is 13.5. The number of Topliss-reactive ketones (excluding diaryl/α,β-unsaturated/α-hetero) is 2. The maximum atomic E-state index is 12.1. The van der Waals surface area contributed by atoms with Gasteiger partial charge in [0.2, 0.25) is 0 Å². The summed E-state index contributed by atoms with van der Waals surface area (Å²) >= 11 is 5.81. The van der Waals surface area contributed by atoms with Crippen LogP contribution >= 0.6 is 11.6 Å². The Morgan fingerprint density at radius 3 is 2.11 bits per heavy atom. The van der Waals surface area contributed by atoms with Crippen LogP contribution in [0.3, 0.4) is 0 Å². The Kier molecular flexibility index (Phi) is 4.10. The third kappa shape index (κ3) is 3.08. The highest BCUT2D eigenvalue weighted by Gasteiger charge is 2.24. The van der Waals surface area contributed by atoms with Gasteiger partial charge >= 0.3 is 0 Å². The molecule has 0 aliphatic rings. The maximum Gasteiger partial charge on any atom is 0.187 e. The molecule has 2 N–H and O–H groups in total. The summed E-state index contributed by atoms with van der Waals surface area (Å²) in [5.41, 5.74) is 6.49. The van der Waals surface area contributed by atoms with Crippen LogP contribution in [0.1, 0.15) is 20.7 Å². The number of carbonyl (C=O) groups is 2. The highest BCUT2D eigenvalue weighted by molar-refractivity contribution is 6.31. The van der Waals surface area contributed by atoms with Crippen molar-refractivity contribution in [3.05, 3.63) is 70.7 Å². The molecule has 0 saturated heterocycles. The first-order valence-electron chi connectivity index (χ1n) is 5.74. The lowest BCUT2D eigenvalue weighted by molar-refractivity contribution is 0.0863. The number of halogens is 1. The zero-order valence-electron chi connectivity index (χ0n) is 10.0. The minimum Gasteiger partial charge on any atom is -0.315 e. The summed E-state index contributed by atoms with van der Waals surface area (Å²) in [5.74, 6) is -0.832. The van der Waals surface area contributed by atoms with E-state index in [2.05, 4.69) is 0 Å². The SMILES string of the molecule is NC(C(=O)c1ccccc1)C(=O)c1cccc(Cl)c1. The van der Waals surface area contributed by atoms with Crippen LogP contribution in [0.5, 0.6) is 0 Å². The van der Waals surface area contributed by atoms with E-state index in [1.807, 2.05) is 0 Å². The lowest BCUT2D eigenvalue weighted by Gasteiger charge is -2.09. The molecule has 2 aromatic rings. The van der Waals surface area contributed by atoms with Gasteiger partial charge in [-0.15, -0.1) is 0 Å². The van der Waals surface area contributed by atoms with E-state index in [1.54, 1.807) is 48.5 Å². The molecule has 0 aromatic heterocycles. The molecule has 0 heterocycles. The molecule has 2 rings (SSSR count). The highest BCUT2D eigenvalue weighted by Crippen LogP contribution is 2.13. The van der Waals surface area contributed by atoms with E-state index >= 15 is 0 Å². The van der Waals surface area contributed by atoms with Gasteiger partial charge in [-0.1, -0.05) is 54.1 Å². The molecule has 0 aliphatic heterocycles. The minimum absolute atomic E-state index is 0.337. The van der Waals surface area contributed by atoms with Gasteiger partial charge in [0, 0.05) is 16.1 Å². The number of carbonyl (C=O) groups excluding carboxylic acids is 2. The molecule has 4 heteroatoms. The fourth-order valence-corrected chi connectivity index (χ4v) is 1.91. The number of hydrogen-bond acceptors (Lipinski definition) is 3. The zero-order valence-corrected chi connectivity index (χ0v) is 10.8. The highest BCUT2D eigenvalue weighted by atomic mass is 35.5. The van der Waals surface area contributed by atoms with Gasteiger partial charge in [0.25, 0.3) is 0 Å². The summed E-state index contributed by atoms with van der Waals surface area (Å²) in [7, 11) is 0. The first-order valence-corrected chi connectivity index (χ1v) is 6.12. The number of ketones is 2. The van der Waals surface area contributed by atoms with E-state index in [-0.39, 0.29) is 0 Å². The molecule has 0 fully saturated rings. The molecule has 1 unspecified atom stereocenters. The van der Waals surface area contributed by atoms with Crippen molar-refractivity contribution in [2.24, 2.45) is 5.73 Å². The van der Waals surface area contributed by atoms with Crippen LogP contribution < -0.4 is 5.73 Å². The van der Waals surface area contributed by atoms with Crippen molar-refractivity contribution < 1.29 is 9.59 Å². The average Bonchev–Trinajstić information content (AvgIpc) is 2.46. The molecule has 19 heavy (non-hydrogen) atoms. The van der Waals surface area contributed by atoms with E-state index in [0.29, 0.717) is 16.1 Å².